The molecule has 0 saturated carbocycles. The van der Waals surface area contributed by atoms with Gasteiger partial charge in [-0.3, -0.25) is 14.9 Å². The molecule has 0 spiro atoms. The van der Waals surface area contributed by atoms with Crippen LogP contribution in [-0.2, 0) is 11.4 Å². The van der Waals surface area contributed by atoms with E-state index in [-0.39, 0.29) is 40.7 Å². The molecule has 0 aromatic heterocycles. The Kier molecular flexibility index (Phi) is 6.54. The number of nitro benzene ring substituents is 1. The van der Waals surface area contributed by atoms with Gasteiger partial charge in [-0.15, -0.1) is 0 Å². The summed E-state index contributed by atoms with van der Waals surface area (Å²) in [5, 5.41) is 17.0. The zero-order chi connectivity index (χ0) is 22.5. The minimum absolute atomic E-state index is 0.139. The Balaban J connectivity index is 2.09. The fourth-order valence-corrected chi connectivity index (χ4v) is 3.46. The number of amides is 2. The minimum atomic E-state index is -0.992. The van der Waals surface area contributed by atoms with E-state index < -0.39 is 17.0 Å². The highest BCUT2D eigenvalue weighted by Crippen LogP contribution is 2.41. The second kappa shape index (κ2) is 9.29. The summed E-state index contributed by atoms with van der Waals surface area (Å²) in [7, 11) is 0. The standard InChI is InChI=1S/C22H23N3O6/c1-4-30-18-10-16(21-20(14(3)26)13(2)23-22(27)24-21)17(25(28)29)11-19(18)31-12-15-8-6-5-7-9-15/h5-11,21H,4,12H2,1-3H3,(H2,23,24,27). The molecule has 0 saturated heterocycles. The van der Waals surface area contributed by atoms with Gasteiger partial charge in [0.05, 0.1) is 29.2 Å². The Morgan fingerprint density at radius 1 is 1.16 bits per heavy atom. The molecule has 0 aliphatic carbocycles. The predicted octanol–water partition coefficient (Wildman–Crippen LogP) is 3.79. The number of ketones is 1. The van der Waals surface area contributed by atoms with Crippen molar-refractivity contribution in [1.29, 1.82) is 0 Å². The molecule has 162 valence electrons. The lowest BCUT2D eigenvalue weighted by atomic mass is 9.91. The van der Waals surface area contributed by atoms with E-state index in [1.807, 2.05) is 30.3 Å². The van der Waals surface area contributed by atoms with Crippen LogP contribution in [-0.4, -0.2) is 23.3 Å². The number of rotatable bonds is 8. The number of allylic oxidation sites excluding steroid dienone is 1. The number of urea groups is 1. The monoisotopic (exact) mass is 425 g/mol. The van der Waals surface area contributed by atoms with Gasteiger partial charge in [0.2, 0.25) is 0 Å². The van der Waals surface area contributed by atoms with Crippen molar-refractivity contribution in [1.82, 2.24) is 10.6 Å². The summed E-state index contributed by atoms with van der Waals surface area (Å²) in [5.74, 6) is 0.172. The van der Waals surface area contributed by atoms with Crippen LogP contribution in [0.1, 0.15) is 37.9 Å². The van der Waals surface area contributed by atoms with E-state index in [4.69, 9.17) is 9.47 Å². The second-order valence-corrected chi connectivity index (χ2v) is 6.95. The first-order valence-electron chi connectivity index (χ1n) is 9.72. The van der Waals surface area contributed by atoms with Gasteiger partial charge in [0.25, 0.3) is 5.69 Å². The largest absolute Gasteiger partial charge is 0.490 e. The van der Waals surface area contributed by atoms with Crippen molar-refractivity contribution < 1.29 is 24.0 Å². The molecular formula is C22H23N3O6. The fraction of sp³-hybridized carbons (Fsp3) is 0.273. The average molecular weight is 425 g/mol. The first kappa shape index (κ1) is 21.8. The van der Waals surface area contributed by atoms with E-state index in [9.17, 15) is 19.7 Å². The van der Waals surface area contributed by atoms with Crippen molar-refractivity contribution >= 4 is 17.5 Å². The van der Waals surface area contributed by atoms with E-state index in [0.29, 0.717) is 12.3 Å². The number of benzene rings is 2. The highest BCUT2D eigenvalue weighted by molar-refractivity contribution is 5.98. The molecule has 2 aromatic carbocycles. The minimum Gasteiger partial charge on any atom is -0.490 e. The maximum absolute atomic E-state index is 12.2. The van der Waals surface area contributed by atoms with Crippen LogP contribution in [0.25, 0.3) is 0 Å². The molecule has 9 nitrogen and oxygen atoms in total. The SMILES string of the molecule is CCOc1cc(C2NC(=O)NC(C)=C2C(C)=O)c([N+](=O)[O-])cc1OCc1ccccc1. The van der Waals surface area contributed by atoms with Gasteiger partial charge in [0, 0.05) is 11.3 Å². The summed E-state index contributed by atoms with van der Waals surface area (Å²) in [6, 6.07) is 10.5. The van der Waals surface area contributed by atoms with Crippen molar-refractivity contribution in [2.45, 2.75) is 33.4 Å². The third-order valence-electron chi connectivity index (χ3n) is 4.79. The molecular weight excluding hydrogens is 402 g/mol. The van der Waals surface area contributed by atoms with Crippen molar-refractivity contribution in [3.8, 4) is 11.5 Å². The average Bonchev–Trinajstić information content (AvgIpc) is 2.72. The van der Waals surface area contributed by atoms with Crippen LogP contribution in [0.3, 0.4) is 0 Å². The van der Waals surface area contributed by atoms with Crippen molar-refractivity contribution in [3.05, 3.63) is 75.0 Å². The fourth-order valence-electron chi connectivity index (χ4n) is 3.46. The third-order valence-corrected chi connectivity index (χ3v) is 4.79. The van der Waals surface area contributed by atoms with Crippen molar-refractivity contribution in [2.75, 3.05) is 6.61 Å². The number of ether oxygens (including phenoxy) is 2. The molecule has 31 heavy (non-hydrogen) atoms. The van der Waals surface area contributed by atoms with Gasteiger partial charge in [-0.2, -0.15) is 0 Å². The number of hydrogen-bond acceptors (Lipinski definition) is 6. The summed E-state index contributed by atoms with van der Waals surface area (Å²) >= 11 is 0. The number of nitrogens with one attached hydrogen (secondary N) is 2. The van der Waals surface area contributed by atoms with Gasteiger partial charge in [0.15, 0.2) is 17.3 Å². The van der Waals surface area contributed by atoms with Crippen LogP contribution < -0.4 is 20.1 Å². The number of Topliss-reactive ketones (excluding diaryl/α,β-unsaturated/α-hetero) is 1. The summed E-state index contributed by atoms with van der Waals surface area (Å²) in [6.45, 7) is 5.19. The Labute approximate surface area is 179 Å². The maximum atomic E-state index is 12.2. The molecule has 0 fully saturated rings. The van der Waals surface area contributed by atoms with Crippen molar-refractivity contribution in [2.24, 2.45) is 0 Å². The first-order valence-corrected chi connectivity index (χ1v) is 9.72. The molecule has 1 heterocycles. The summed E-state index contributed by atoms with van der Waals surface area (Å²) in [5.41, 5.74) is 1.32. The zero-order valence-electron chi connectivity index (χ0n) is 17.4. The second-order valence-electron chi connectivity index (χ2n) is 6.95. The Bertz CT molecular complexity index is 1050. The lowest BCUT2D eigenvalue weighted by Gasteiger charge is -2.28. The van der Waals surface area contributed by atoms with E-state index in [2.05, 4.69) is 10.6 Å². The number of nitrogens with zero attached hydrogens (tertiary/aromatic N) is 1. The van der Waals surface area contributed by atoms with Crippen LogP contribution in [0.5, 0.6) is 11.5 Å². The molecule has 1 aliphatic rings. The Morgan fingerprint density at radius 2 is 1.84 bits per heavy atom. The third kappa shape index (κ3) is 4.82. The van der Waals surface area contributed by atoms with Crippen LogP contribution in [0.15, 0.2) is 53.7 Å². The predicted molar refractivity (Wildman–Crippen MR) is 113 cm³/mol. The molecule has 1 aliphatic heterocycles. The Morgan fingerprint density at radius 3 is 2.45 bits per heavy atom. The number of carbonyl (C=O) groups is 2. The summed E-state index contributed by atoms with van der Waals surface area (Å²) in [4.78, 5) is 35.6. The summed E-state index contributed by atoms with van der Waals surface area (Å²) < 4.78 is 11.5. The smallest absolute Gasteiger partial charge is 0.319 e. The van der Waals surface area contributed by atoms with E-state index >= 15 is 0 Å². The lowest BCUT2D eigenvalue weighted by Crippen LogP contribution is -2.44. The molecule has 9 heteroatoms. The van der Waals surface area contributed by atoms with Crippen LogP contribution in [0.4, 0.5) is 10.5 Å². The van der Waals surface area contributed by atoms with Crippen LogP contribution in [0.2, 0.25) is 0 Å². The van der Waals surface area contributed by atoms with Crippen molar-refractivity contribution in [3.63, 3.8) is 0 Å². The van der Waals surface area contributed by atoms with Gasteiger partial charge < -0.3 is 20.1 Å². The number of nitro groups is 1. The lowest BCUT2D eigenvalue weighted by molar-refractivity contribution is -0.385. The van der Waals surface area contributed by atoms with Gasteiger partial charge >= 0.3 is 6.03 Å². The quantitative estimate of drug-likeness (QED) is 0.490. The van der Waals surface area contributed by atoms with E-state index in [0.717, 1.165) is 5.56 Å². The number of carbonyl (C=O) groups excluding carboxylic acids is 2. The highest BCUT2D eigenvalue weighted by Gasteiger charge is 2.35. The molecule has 1 atom stereocenters. The molecule has 3 rings (SSSR count). The molecule has 1 unspecified atom stereocenters. The van der Waals surface area contributed by atoms with Gasteiger partial charge in [-0.1, -0.05) is 30.3 Å². The van der Waals surface area contributed by atoms with Gasteiger partial charge in [-0.25, -0.2) is 4.79 Å². The topological polar surface area (TPSA) is 120 Å². The zero-order valence-corrected chi connectivity index (χ0v) is 17.4. The highest BCUT2D eigenvalue weighted by atomic mass is 16.6. The molecule has 2 aromatic rings. The van der Waals surface area contributed by atoms with Crippen LogP contribution in [0, 0.1) is 10.1 Å². The molecule has 0 radical (unpaired) electrons. The maximum Gasteiger partial charge on any atom is 0.319 e. The van der Waals surface area contributed by atoms with E-state index in [1.54, 1.807) is 13.8 Å². The first-order chi connectivity index (χ1) is 14.8. The van der Waals surface area contributed by atoms with Crippen LogP contribution >= 0.6 is 0 Å². The molecule has 2 N–H and O–H groups in total. The number of hydrogen-bond donors (Lipinski definition) is 2. The van der Waals surface area contributed by atoms with E-state index in [1.165, 1.54) is 19.1 Å². The normalized spacial score (nSPS) is 15.7. The molecule has 2 amide bonds. The van der Waals surface area contributed by atoms with Gasteiger partial charge in [-0.05, 0) is 32.4 Å². The van der Waals surface area contributed by atoms with Gasteiger partial charge in [0.1, 0.15) is 6.61 Å². The summed E-state index contributed by atoms with van der Waals surface area (Å²) in [6.07, 6.45) is 0. The Hall–Kier alpha value is -3.88. The molecule has 0 bridgehead atoms.